The smallest absolute Gasteiger partial charge is 1.00 e. The number of allylic oxidation sites excluding steroid dienone is 2. The summed E-state index contributed by atoms with van der Waals surface area (Å²) in [5.74, 6) is 0. The van der Waals surface area contributed by atoms with E-state index in [2.05, 4.69) is 125 Å². The fourth-order valence-corrected chi connectivity index (χ4v) is 18.3. The van der Waals surface area contributed by atoms with Gasteiger partial charge in [0.05, 0.1) is 0 Å². The Balaban J connectivity index is 0.00000169. The molecular weight excluding hydrogens is 575 g/mol. The van der Waals surface area contributed by atoms with Crippen LogP contribution in [0.5, 0.6) is 0 Å². The van der Waals surface area contributed by atoms with Gasteiger partial charge in [0.15, 0.2) is 0 Å². The first-order chi connectivity index (χ1) is 19.0. The van der Waals surface area contributed by atoms with Crippen LogP contribution in [0.4, 0.5) is 0 Å². The molecule has 0 aromatic heterocycles. The van der Waals surface area contributed by atoms with E-state index >= 15 is 0 Å². The second kappa shape index (κ2) is 11.7. The van der Waals surface area contributed by atoms with Crippen LogP contribution < -0.4 is 24.8 Å². The minimum Gasteiger partial charge on any atom is -1.00 e. The Morgan fingerprint density at radius 2 is 0.951 bits per heavy atom. The van der Waals surface area contributed by atoms with Crippen LogP contribution in [0, 0.1) is 13.8 Å². The van der Waals surface area contributed by atoms with Crippen molar-refractivity contribution >= 4 is 12.2 Å². The summed E-state index contributed by atoms with van der Waals surface area (Å²) in [6.45, 7) is 9.14. The van der Waals surface area contributed by atoms with Gasteiger partial charge in [-0.25, -0.2) is 0 Å². The van der Waals surface area contributed by atoms with Gasteiger partial charge in [0.25, 0.3) is 0 Å². The summed E-state index contributed by atoms with van der Waals surface area (Å²) < 4.78 is 4.35. The van der Waals surface area contributed by atoms with Crippen LogP contribution in [0.2, 0.25) is 9.45 Å². The molecule has 0 spiro atoms. The summed E-state index contributed by atoms with van der Waals surface area (Å²) in [5, 5.41) is 0. The van der Waals surface area contributed by atoms with Crippen molar-refractivity contribution in [2.45, 2.75) is 58.4 Å². The molecule has 2 aliphatic carbocycles. The maximum Gasteiger partial charge on any atom is -1.00 e. The van der Waals surface area contributed by atoms with Crippen LogP contribution in [-0.2, 0) is 16.6 Å². The number of hydrogen-bond acceptors (Lipinski definition) is 0. The standard InChI is InChI=1S/2C18H17.C2H4.2ClH.Ti/c2*1-3-14-11-16-5-4-6-17(18(16)12-14)15-9-7-13(2)8-10-15;1-2;;;/h2*4-12H,3H2,1-2H3;1-2H2;2*1H;/q;;;;;+2/p-2. The molecule has 1 aliphatic heterocycles. The SMILES string of the molecule is CCC1=Cc2c(-c3ccc(C)cc3)cccc2[CH]1[Ti+2]1([CH]2C(CC)=Cc3c(-c4ccc(C)cc4)cccc32)[CH2][CH2]1.[Cl-].[Cl-]. The minimum absolute atomic E-state index is 0. The number of hydrogen-bond donors (Lipinski definition) is 0. The number of halogens is 2. The third kappa shape index (κ3) is 4.92. The quantitative estimate of drug-likeness (QED) is 0.268. The maximum absolute atomic E-state index is 2.61. The Morgan fingerprint density at radius 1 is 0.561 bits per heavy atom. The minimum atomic E-state index is -2.34. The molecule has 4 aromatic carbocycles. The van der Waals surface area contributed by atoms with Gasteiger partial charge in [-0.2, -0.15) is 0 Å². The van der Waals surface area contributed by atoms with Crippen molar-refractivity contribution in [2.24, 2.45) is 0 Å². The first-order valence-corrected chi connectivity index (χ1v) is 18.9. The van der Waals surface area contributed by atoms with Gasteiger partial charge in [0.1, 0.15) is 0 Å². The van der Waals surface area contributed by atoms with Gasteiger partial charge in [0, 0.05) is 0 Å². The largest absolute Gasteiger partial charge is 1.00 e. The molecule has 1 saturated heterocycles. The van der Waals surface area contributed by atoms with Crippen LogP contribution in [0.3, 0.4) is 0 Å². The zero-order valence-corrected chi connectivity index (χ0v) is 27.6. The van der Waals surface area contributed by atoms with Gasteiger partial charge < -0.3 is 24.8 Å². The number of aryl methyl sites for hydroxylation is 2. The molecule has 2 unspecified atom stereocenters. The molecule has 7 rings (SSSR count). The van der Waals surface area contributed by atoms with Gasteiger partial charge in [0.2, 0.25) is 0 Å². The second-order valence-electron chi connectivity index (χ2n) is 12.1. The summed E-state index contributed by atoms with van der Waals surface area (Å²) in [7, 11) is 0. The fraction of sp³-hybridized carbons (Fsp3) is 0.263. The van der Waals surface area contributed by atoms with E-state index in [1.54, 1.807) is 22.3 Å². The van der Waals surface area contributed by atoms with Crippen molar-refractivity contribution < 1.29 is 41.4 Å². The van der Waals surface area contributed by atoms with Gasteiger partial charge in [-0.05, 0) is 0 Å². The van der Waals surface area contributed by atoms with Crippen LogP contribution >= 0.6 is 0 Å². The molecule has 3 heteroatoms. The van der Waals surface area contributed by atoms with Crippen molar-refractivity contribution in [1.82, 2.24) is 0 Å². The van der Waals surface area contributed by atoms with E-state index < -0.39 is 16.6 Å². The first-order valence-electron chi connectivity index (χ1n) is 14.8. The van der Waals surface area contributed by atoms with E-state index in [1.807, 2.05) is 0 Å². The molecule has 41 heavy (non-hydrogen) atoms. The first kappa shape index (κ1) is 30.1. The van der Waals surface area contributed by atoms with Crippen LogP contribution in [0.1, 0.15) is 68.5 Å². The molecule has 0 nitrogen and oxygen atoms in total. The summed E-state index contributed by atoms with van der Waals surface area (Å²) in [4.78, 5) is 0. The molecule has 0 amide bonds. The van der Waals surface area contributed by atoms with Crippen molar-refractivity contribution in [3.8, 4) is 22.3 Å². The Morgan fingerprint density at radius 3 is 1.29 bits per heavy atom. The number of rotatable bonds is 6. The van der Waals surface area contributed by atoms with Gasteiger partial charge in [-0.3, -0.25) is 0 Å². The monoisotopic (exact) mass is 612 g/mol. The van der Waals surface area contributed by atoms with E-state index in [4.69, 9.17) is 0 Å². The molecule has 208 valence electrons. The predicted molar refractivity (Wildman–Crippen MR) is 165 cm³/mol. The summed E-state index contributed by atoms with van der Waals surface area (Å²) in [5.41, 5.74) is 17.9. The maximum atomic E-state index is 2.61. The van der Waals surface area contributed by atoms with Crippen LogP contribution in [0.25, 0.3) is 34.4 Å². The molecule has 3 aliphatic rings. The molecule has 2 atom stereocenters. The predicted octanol–water partition coefficient (Wildman–Crippen LogP) is 5.05. The summed E-state index contributed by atoms with van der Waals surface area (Å²) >= 11 is -2.34. The van der Waals surface area contributed by atoms with E-state index in [1.165, 1.54) is 54.0 Å². The topological polar surface area (TPSA) is 0 Å². The van der Waals surface area contributed by atoms with Crippen LogP contribution in [-0.4, -0.2) is 0 Å². The second-order valence-corrected chi connectivity index (χ2v) is 19.3. The third-order valence-corrected chi connectivity index (χ3v) is 18.1. The van der Waals surface area contributed by atoms with E-state index in [0.717, 1.165) is 12.8 Å². The number of fused-ring (bicyclic) bond motifs is 2. The van der Waals surface area contributed by atoms with Gasteiger partial charge in [-0.15, -0.1) is 0 Å². The molecule has 1 heterocycles. The zero-order chi connectivity index (χ0) is 26.7. The molecule has 4 aromatic rings. The van der Waals surface area contributed by atoms with E-state index in [-0.39, 0.29) is 24.8 Å². The Hall–Kier alpha value is -2.35. The van der Waals surface area contributed by atoms with Gasteiger partial charge >= 0.3 is 239 Å². The van der Waals surface area contributed by atoms with Crippen molar-refractivity contribution in [1.29, 1.82) is 0 Å². The zero-order valence-electron chi connectivity index (χ0n) is 24.5. The molecule has 0 radical (unpaired) electrons. The summed E-state index contributed by atoms with van der Waals surface area (Å²) in [6.07, 6.45) is 7.53. The average molecular weight is 613 g/mol. The Kier molecular flexibility index (Phi) is 8.62. The van der Waals surface area contributed by atoms with E-state index in [0.29, 0.717) is 8.45 Å². The normalized spacial score (nSPS) is 18.5. The molecule has 0 saturated carbocycles. The van der Waals surface area contributed by atoms with Crippen molar-refractivity contribution in [3.63, 3.8) is 0 Å². The van der Waals surface area contributed by atoms with Crippen LogP contribution in [0.15, 0.2) is 96.1 Å². The number of benzene rings is 4. The van der Waals surface area contributed by atoms with Crippen molar-refractivity contribution in [2.75, 3.05) is 0 Å². The Labute approximate surface area is 262 Å². The van der Waals surface area contributed by atoms with Gasteiger partial charge in [-0.1, -0.05) is 0 Å². The Bertz CT molecular complexity index is 1520. The molecular formula is C38H38Cl2Ti. The third-order valence-electron chi connectivity index (χ3n) is 9.82. The molecule has 0 bridgehead atoms. The van der Waals surface area contributed by atoms with Crippen molar-refractivity contribution in [3.05, 3.63) is 129 Å². The molecule has 0 N–H and O–H groups in total. The fourth-order valence-electron chi connectivity index (χ4n) is 7.76. The van der Waals surface area contributed by atoms with E-state index in [9.17, 15) is 0 Å². The summed E-state index contributed by atoms with van der Waals surface area (Å²) in [6, 6.07) is 32.6. The molecule has 1 fully saturated rings. The average Bonchev–Trinajstić information content (AvgIpc) is 3.49.